The van der Waals surface area contributed by atoms with Gasteiger partial charge in [0.1, 0.15) is 13.2 Å². The van der Waals surface area contributed by atoms with E-state index in [1.54, 1.807) is 0 Å². The Morgan fingerprint density at radius 2 is 1.62 bits per heavy atom. The third-order valence-electron chi connectivity index (χ3n) is 1.60. The van der Waals surface area contributed by atoms with Crippen LogP contribution >= 0.6 is 0 Å². The monoisotopic (exact) mass is 228 g/mol. The highest BCUT2D eigenvalue weighted by atomic mass is 16.6. The minimum atomic E-state index is -0.597. The second kappa shape index (κ2) is 7.64. The predicted molar refractivity (Wildman–Crippen MR) is 57.6 cm³/mol. The summed E-state index contributed by atoms with van der Waals surface area (Å²) in [5, 5.41) is 8.54. The van der Waals surface area contributed by atoms with Gasteiger partial charge in [-0.2, -0.15) is 0 Å². The number of hydrogen-bond acceptors (Lipinski definition) is 5. The van der Waals surface area contributed by atoms with E-state index >= 15 is 0 Å². The molecule has 0 aliphatic carbocycles. The van der Waals surface area contributed by atoms with Crippen molar-refractivity contribution in [1.29, 1.82) is 0 Å². The number of esters is 2. The average Bonchev–Trinajstić information content (AvgIpc) is 2.23. The van der Waals surface area contributed by atoms with Crippen LogP contribution in [0.15, 0.2) is 24.3 Å². The molecule has 0 bridgehead atoms. The molecule has 0 aromatic rings. The Bertz CT molecular complexity index is 293. The maximum Gasteiger partial charge on any atom is 0.333 e. The highest BCUT2D eigenvalue weighted by Crippen LogP contribution is 2.00. The Morgan fingerprint density at radius 1 is 1.12 bits per heavy atom. The molecule has 0 aliphatic heterocycles. The summed E-state index contributed by atoms with van der Waals surface area (Å²) in [6.07, 6.45) is 0.171. The summed E-state index contributed by atoms with van der Waals surface area (Å²) in [5.74, 6) is -1.12. The Kier molecular flexibility index (Phi) is 6.87. The quantitative estimate of drug-likeness (QED) is 0.392. The molecule has 5 heteroatoms. The van der Waals surface area contributed by atoms with Crippen LogP contribution in [0.3, 0.4) is 0 Å². The molecule has 0 fully saturated rings. The van der Waals surface area contributed by atoms with Gasteiger partial charge in [0.15, 0.2) is 0 Å². The molecule has 1 N–H and O–H groups in total. The van der Waals surface area contributed by atoms with Gasteiger partial charge in [0.25, 0.3) is 0 Å². The standard InChI is InChI=1S/C11H16O5/c1-8(2)10(13)15-6-7-16-11(14)9(3)4-5-12/h12H,1,3-7H2,2H3. The summed E-state index contributed by atoms with van der Waals surface area (Å²) < 4.78 is 9.43. The zero-order valence-corrected chi connectivity index (χ0v) is 9.32. The maximum absolute atomic E-state index is 11.1. The molecule has 0 aromatic carbocycles. The highest BCUT2D eigenvalue weighted by molar-refractivity contribution is 5.88. The van der Waals surface area contributed by atoms with E-state index in [-0.39, 0.29) is 37.4 Å². The zero-order valence-electron chi connectivity index (χ0n) is 9.32. The molecule has 0 atom stereocenters. The predicted octanol–water partition coefficient (Wildman–Crippen LogP) is 0.587. The lowest BCUT2D eigenvalue weighted by molar-refractivity contribution is -0.147. The van der Waals surface area contributed by atoms with Crippen molar-refractivity contribution in [3.8, 4) is 0 Å². The lowest BCUT2D eigenvalue weighted by Crippen LogP contribution is -2.15. The van der Waals surface area contributed by atoms with Gasteiger partial charge >= 0.3 is 11.9 Å². The van der Waals surface area contributed by atoms with Gasteiger partial charge in [0, 0.05) is 24.2 Å². The zero-order chi connectivity index (χ0) is 12.6. The van der Waals surface area contributed by atoms with Gasteiger partial charge in [-0.1, -0.05) is 13.2 Å². The molecule has 0 aliphatic rings. The van der Waals surface area contributed by atoms with E-state index < -0.39 is 11.9 Å². The normalized spacial score (nSPS) is 9.38. The molecule has 0 unspecified atom stereocenters. The molecule has 5 nitrogen and oxygen atoms in total. The summed E-state index contributed by atoms with van der Waals surface area (Å²) in [6.45, 7) is 8.13. The van der Waals surface area contributed by atoms with Gasteiger partial charge < -0.3 is 14.6 Å². The van der Waals surface area contributed by atoms with Gasteiger partial charge in [0.05, 0.1) is 0 Å². The van der Waals surface area contributed by atoms with Crippen LogP contribution in [-0.4, -0.2) is 36.9 Å². The van der Waals surface area contributed by atoms with Crippen LogP contribution in [0.4, 0.5) is 0 Å². The van der Waals surface area contributed by atoms with Crippen LogP contribution in [0.2, 0.25) is 0 Å². The first-order valence-corrected chi connectivity index (χ1v) is 4.77. The first kappa shape index (κ1) is 14.4. The molecule has 16 heavy (non-hydrogen) atoms. The van der Waals surface area contributed by atoms with Crippen LogP contribution in [0.5, 0.6) is 0 Å². The number of hydrogen-bond donors (Lipinski definition) is 1. The third kappa shape index (κ3) is 5.98. The van der Waals surface area contributed by atoms with Gasteiger partial charge in [-0.15, -0.1) is 0 Å². The van der Waals surface area contributed by atoms with E-state index in [4.69, 9.17) is 14.6 Å². The molecule has 0 radical (unpaired) electrons. The van der Waals surface area contributed by atoms with Crippen molar-refractivity contribution >= 4 is 11.9 Å². The molecule has 0 spiro atoms. The summed E-state index contributed by atoms with van der Waals surface area (Å²) in [5.41, 5.74) is 0.477. The third-order valence-corrected chi connectivity index (χ3v) is 1.60. The SMILES string of the molecule is C=C(C)C(=O)OCCOC(=O)C(=C)CCO. The van der Waals surface area contributed by atoms with Crippen molar-refractivity contribution in [1.82, 2.24) is 0 Å². The number of ether oxygens (including phenoxy) is 2. The molecule has 0 saturated heterocycles. The van der Waals surface area contributed by atoms with Crippen LogP contribution < -0.4 is 0 Å². The summed E-state index contributed by atoms with van der Waals surface area (Å²) >= 11 is 0. The number of rotatable bonds is 7. The maximum atomic E-state index is 11.1. The smallest absolute Gasteiger partial charge is 0.333 e. The second-order valence-corrected chi connectivity index (χ2v) is 3.13. The van der Waals surface area contributed by atoms with E-state index in [0.29, 0.717) is 0 Å². The van der Waals surface area contributed by atoms with Gasteiger partial charge in [-0.25, -0.2) is 9.59 Å². The van der Waals surface area contributed by atoms with E-state index in [9.17, 15) is 9.59 Å². The molecular formula is C11H16O5. The van der Waals surface area contributed by atoms with Crippen LogP contribution in [0.25, 0.3) is 0 Å². The van der Waals surface area contributed by atoms with Crippen molar-refractivity contribution in [2.45, 2.75) is 13.3 Å². The van der Waals surface area contributed by atoms with E-state index in [1.165, 1.54) is 6.92 Å². The lowest BCUT2D eigenvalue weighted by atomic mass is 10.2. The first-order chi connectivity index (χ1) is 7.49. The molecule has 0 aromatic heterocycles. The Morgan fingerprint density at radius 3 is 2.06 bits per heavy atom. The minimum Gasteiger partial charge on any atom is -0.459 e. The van der Waals surface area contributed by atoms with Crippen LogP contribution in [-0.2, 0) is 19.1 Å². The van der Waals surface area contributed by atoms with E-state index in [0.717, 1.165) is 0 Å². The van der Waals surface area contributed by atoms with Crippen molar-refractivity contribution in [2.24, 2.45) is 0 Å². The van der Waals surface area contributed by atoms with E-state index in [2.05, 4.69) is 13.2 Å². The highest BCUT2D eigenvalue weighted by Gasteiger charge is 2.08. The largest absolute Gasteiger partial charge is 0.459 e. The van der Waals surface area contributed by atoms with Crippen molar-refractivity contribution < 1.29 is 24.2 Å². The molecule has 0 rings (SSSR count). The average molecular weight is 228 g/mol. The first-order valence-electron chi connectivity index (χ1n) is 4.77. The molecule has 0 amide bonds. The fourth-order valence-electron chi connectivity index (χ4n) is 0.731. The Hall–Kier alpha value is -1.62. The van der Waals surface area contributed by atoms with Gasteiger partial charge in [-0.05, 0) is 6.92 Å². The summed E-state index contributed by atoms with van der Waals surface area (Å²) in [7, 11) is 0. The van der Waals surface area contributed by atoms with Crippen molar-refractivity contribution in [3.63, 3.8) is 0 Å². The molecule has 0 saturated carbocycles. The molecular weight excluding hydrogens is 212 g/mol. The Balaban J connectivity index is 3.67. The Labute approximate surface area is 94.4 Å². The van der Waals surface area contributed by atoms with Crippen molar-refractivity contribution in [2.75, 3.05) is 19.8 Å². The topological polar surface area (TPSA) is 72.8 Å². The number of aliphatic hydroxyl groups is 1. The molecule has 0 heterocycles. The van der Waals surface area contributed by atoms with E-state index in [1.807, 2.05) is 0 Å². The fraction of sp³-hybridized carbons (Fsp3) is 0.455. The van der Waals surface area contributed by atoms with Gasteiger partial charge in [-0.3, -0.25) is 0 Å². The lowest BCUT2D eigenvalue weighted by Gasteiger charge is -2.06. The number of carbonyl (C=O) groups is 2. The van der Waals surface area contributed by atoms with Crippen LogP contribution in [0.1, 0.15) is 13.3 Å². The number of aliphatic hydroxyl groups excluding tert-OH is 1. The summed E-state index contributed by atoms with van der Waals surface area (Å²) in [4.78, 5) is 22.0. The van der Waals surface area contributed by atoms with Gasteiger partial charge in [0.2, 0.25) is 0 Å². The van der Waals surface area contributed by atoms with Crippen LogP contribution in [0, 0.1) is 0 Å². The minimum absolute atomic E-state index is 0.0240. The molecule has 90 valence electrons. The summed E-state index contributed by atoms with van der Waals surface area (Å²) in [6, 6.07) is 0. The number of carbonyl (C=O) groups excluding carboxylic acids is 2. The fourth-order valence-corrected chi connectivity index (χ4v) is 0.731. The second-order valence-electron chi connectivity index (χ2n) is 3.13. The van der Waals surface area contributed by atoms with Crippen molar-refractivity contribution in [3.05, 3.63) is 24.3 Å².